The second-order valence-electron chi connectivity index (χ2n) is 7.71. The Hall–Kier alpha value is -2.48. The van der Waals surface area contributed by atoms with Crippen LogP contribution in [-0.4, -0.2) is 49.2 Å². The lowest BCUT2D eigenvalue weighted by molar-refractivity contribution is -0.221. The molecule has 3 heterocycles. The minimum atomic E-state index is -0.536. The molecule has 1 aromatic carbocycles. The summed E-state index contributed by atoms with van der Waals surface area (Å²) in [6.07, 6.45) is 5.70. The first-order chi connectivity index (χ1) is 14.6. The van der Waals surface area contributed by atoms with E-state index in [2.05, 4.69) is 52.5 Å². The fraction of sp³-hybridized carbons (Fsp3) is 0.478. The van der Waals surface area contributed by atoms with E-state index in [-0.39, 0.29) is 24.0 Å². The molecule has 2 saturated heterocycles. The number of nitrogens with zero attached hydrogens (tertiary/aromatic N) is 2. The van der Waals surface area contributed by atoms with Gasteiger partial charge < -0.3 is 24.3 Å². The summed E-state index contributed by atoms with van der Waals surface area (Å²) in [6, 6.07) is 13.0. The van der Waals surface area contributed by atoms with Crippen molar-refractivity contribution in [3.63, 3.8) is 0 Å². The van der Waals surface area contributed by atoms with E-state index in [0.717, 1.165) is 18.5 Å². The summed E-state index contributed by atoms with van der Waals surface area (Å²) in [5, 5.41) is 3.81. The van der Waals surface area contributed by atoms with Crippen LogP contribution in [-0.2, 0) is 9.47 Å². The first-order valence-electron chi connectivity index (χ1n) is 10.4. The van der Waals surface area contributed by atoms with E-state index < -0.39 is 5.79 Å². The zero-order chi connectivity index (χ0) is 21.0. The monoisotopic (exact) mass is 411 g/mol. The first kappa shape index (κ1) is 20.8. The van der Waals surface area contributed by atoms with E-state index >= 15 is 0 Å². The highest BCUT2D eigenvalue weighted by Gasteiger charge is 2.50. The van der Waals surface area contributed by atoms with E-state index in [1.165, 1.54) is 5.56 Å². The molecule has 0 aliphatic carbocycles. The normalized spacial score (nSPS) is 25.6. The number of methoxy groups -OCH3 is 2. The van der Waals surface area contributed by atoms with Gasteiger partial charge in [0.05, 0.1) is 33.1 Å². The third-order valence-electron chi connectivity index (χ3n) is 5.88. The van der Waals surface area contributed by atoms with Crippen molar-refractivity contribution >= 4 is 6.08 Å². The molecule has 0 unspecified atom stereocenters. The fourth-order valence-corrected chi connectivity index (χ4v) is 4.34. The molecule has 0 amide bonds. The van der Waals surface area contributed by atoms with Crippen LogP contribution in [0.25, 0.3) is 6.08 Å². The number of benzene rings is 1. The predicted octanol–water partition coefficient (Wildman–Crippen LogP) is 3.38. The van der Waals surface area contributed by atoms with Crippen molar-refractivity contribution in [2.75, 3.05) is 27.4 Å². The Morgan fingerprint density at radius 2 is 1.90 bits per heavy atom. The van der Waals surface area contributed by atoms with Gasteiger partial charge in [-0.2, -0.15) is 9.97 Å². The SMILES string of the molecule is COc1cc(/C=C/C[C@H]2CC3(OCCO3)[C@H](C)[C@@H](c3ccccc3)N2)nc(OC)n1. The zero-order valence-electron chi connectivity index (χ0n) is 17.7. The van der Waals surface area contributed by atoms with Crippen molar-refractivity contribution in [1.29, 1.82) is 0 Å². The maximum absolute atomic E-state index is 6.16. The molecule has 2 fully saturated rings. The molecule has 7 heteroatoms. The van der Waals surface area contributed by atoms with E-state index in [1.807, 2.05) is 12.1 Å². The molecular formula is C23H29N3O4. The van der Waals surface area contributed by atoms with Crippen LogP contribution in [0.3, 0.4) is 0 Å². The van der Waals surface area contributed by atoms with E-state index in [9.17, 15) is 0 Å². The summed E-state index contributed by atoms with van der Waals surface area (Å²) in [6.45, 7) is 3.51. The number of aromatic nitrogens is 2. The summed E-state index contributed by atoms with van der Waals surface area (Å²) >= 11 is 0. The third kappa shape index (κ3) is 4.33. The smallest absolute Gasteiger partial charge is 0.319 e. The maximum Gasteiger partial charge on any atom is 0.319 e. The van der Waals surface area contributed by atoms with Gasteiger partial charge in [-0.05, 0) is 18.1 Å². The first-order valence-corrected chi connectivity index (χ1v) is 10.4. The molecule has 0 radical (unpaired) electrons. The summed E-state index contributed by atoms with van der Waals surface area (Å²) in [7, 11) is 3.12. The van der Waals surface area contributed by atoms with Crippen molar-refractivity contribution in [3.05, 3.63) is 53.7 Å². The van der Waals surface area contributed by atoms with Gasteiger partial charge in [-0.3, -0.25) is 0 Å². The van der Waals surface area contributed by atoms with Crippen LogP contribution < -0.4 is 14.8 Å². The summed E-state index contributed by atoms with van der Waals surface area (Å²) < 4.78 is 22.7. The molecule has 1 N–H and O–H groups in total. The lowest BCUT2D eigenvalue weighted by Crippen LogP contribution is -2.55. The Morgan fingerprint density at radius 1 is 1.13 bits per heavy atom. The molecule has 1 aromatic heterocycles. The number of hydrogen-bond acceptors (Lipinski definition) is 7. The Bertz CT molecular complexity index is 846. The molecule has 2 aromatic rings. The molecule has 2 aliphatic heterocycles. The highest BCUT2D eigenvalue weighted by atomic mass is 16.7. The minimum Gasteiger partial charge on any atom is -0.481 e. The Morgan fingerprint density at radius 3 is 2.60 bits per heavy atom. The van der Waals surface area contributed by atoms with Crippen molar-refractivity contribution in [2.45, 2.75) is 37.6 Å². The fourth-order valence-electron chi connectivity index (χ4n) is 4.34. The van der Waals surface area contributed by atoms with Gasteiger partial charge in [0, 0.05) is 30.5 Å². The van der Waals surface area contributed by atoms with E-state index in [4.69, 9.17) is 18.9 Å². The van der Waals surface area contributed by atoms with Crippen molar-refractivity contribution < 1.29 is 18.9 Å². The van der Waals surface area contributed by atoms with Crippen molar-refractivity contribution in [3.8, 4) is 11.9 Å². The lowest BCUT2D eigenvalue weighted by Gasteiger charge is -2.46. The highest BCUT2D eigenvalue weighted by molar-refractivity contribution is 5.46. The van der Waals surface area contributed by atoms with Crippen LogP contribution in [0.2, 0.25) is 0 Å². The molecule has 7 nitrogen and oxygen atoms in total. The van der Waals surface area contributed by atoms with Crippen molar-refractivity contribution in [1.82, 2.24) is 15.3 Å². The second-order valence-corrected chi connectivity index (χ2v) is 7.71. The summed E-state index contributed by atoms with van der Waals surface area (Å²) in [5.41, 5.74) is 1.99. The maximum atomic E-state index is 6.16. The van der Waals surface area contributed by atoms with Crippen molar-refractivity contribution in [2.24, 2.45) is 5.92 Å². The summed E-state index contributed by atoms with van der Waals surface area (Å²) in [4.78, 5) is 8.49. The Balaban J connectivity index is 1.51. The highest BCUT2D eigenvalue weighted by Crippen LogP contribution is 2.44. The number of hydrogen-bond donors (Lipinski definition) is 1. The van der Waals surface area contributed by atoms with Gasteiger partial charge in [-0.15, -0.1) is 0 Å². The molecule has 0 bridgehead atoms. The molecule has 30 heavy (non-hydrogen) atoms. The van der Waals surface area contributed by atoms with Gasteiger partial charge in [0.15, 0.2) is 5.79 Å². The van der Waals surface area contributed by atoms with Gasteiger partial charge in [-0.25, -0.2) is 0 Å². The Labute approximate surface area is 177 Å². The molecule has 0 saturated carbocycles. The van der Waals surface area contributed by atoms with Gasteiger partial charge in [-0.1, -0.05) is 43.3 Å². The average molecular weight is 412 g/mol. The Kier molecular flexibility index (Phi) is 6.32. The lowest BCUT2D eigenvalue weighted by atomic mass is 9.79. The topological polar surface area (TPSA) is 74.7 Å². The third-order valence-corrected chi connectivity index (χ3v) is 5.88. The quantitative estimate of drug-likeness (QED) is 0.781. The molecule has 160 valence electrons. The van der Waals surface area contributed by atoms with Crippen LogP contribution in [0.1, 0.15) is 37.1 Å². The molecule has 3 atom stereocenters. The van der Waals surface area contributed by atoms with Gasteiger partial charge in [0.25, 0.3) is 0 Å². The molecule has 1 spiro atoms. The van der Waals surface area contributed by atoms with Gasteiger partial charge in [0.2, 0.25) is 5.88 Å². The van der Waals surface area contributed by atoms with Crippen LogP contribution in [0, 0.1) is 5.92 Å². The predicted molar refractivity (Wildman–Crippen MR) is 113 cm³/mol. The second kappa shape index (κ2) is 9.12. The number of nitrogens with one attached hydrogen (secondary N) is 1. The van der Waals surface area contributed by atoms with Crippen LogP contribution >= 0.6 is 0 Å². The minimum absolute atomic E-state index is 0.163. The van der Waals surface area contributed by atoms with Gasteiger partial charge in [0.1, 0.15) is 0 Å². The number of ether oxygens (including phenoxy) is 4. The van der Waals surface area contributed by atoms with Crippen LogP contribution in [0.4, 0.5) is 0 Å². The van der Waals surface area contributed by atoms with E-state index in [1.54, 1.807) is 20.3 Å². The van der Waals surface area contributed by atoms with Crippen LogP contribution in [0.5, 0.6) is 11.9 Å². The average Bonchev–Trinajstić information content (AvgIpc) is 3.25. The molecule has 4 rings (SSSR count). The standard InChI is InChI=1S/C23H29N3O4/c1-16-21(17-8-5-4-6-9-17)24-19(15-23(16)29-12-13-30-23)11-7-10-18-14-20(27-2)26-22(25-18)28-3/h4-10,14,16,19,21,24H,11-13,15H2,1-3H3/b10-7+/t16-,19+,21+/m1/s1. The zero-order valence-corrected chi connectivity index (χ0v) is 17.7. The largest absolute Gasteiger partial charge is 0.481 e. The molecular weight excluding hydrogens is 382 g/mol. The number of rotatable bonds is 6. The molecule has 2 aliphatic rings. The number of piperidine rings is 1. The van der Waals surface area contributed by atoms with Crippen LogP contribution in [0.15, 0.2) is 42.5 Å². The van der Waals surface area contributed by atoms with Gasteiger partial charge >= 0.3 is 6.01 Å². The summed E-state index contributed by atoms with van der Waals surface area (Å²) in [5.74, 6) is 0.144. The van der Waals surface area contributed by atoms with E-state index in [0.29, 0.717) is 19.1 Å².